The summed E-state index contributed by atoms with van der Waals surface area (Å²) in [6, 6.07) is 12.6. The Morgan fingerprint density at radius 3 is 1.78 bits per heavy atom. The summed E-state index contributed by atoms with van der Waals surface area (Å²) in [4.78, 5) is 48.2. The molecule has 1 atom stereocenters. The molecule has 2 aromatic carbocycles. The van der Waals surface area contributed by atoms with Crippen molar-refractivity contribution in [3.05, 3.63) is 65.2 Å². The van der Waals surface area contributed by atoms with Crippen LogP contribution in [0.25, 0.3) is 0 Å². The number of amides is 1. The molecular formula is C28H35NO8. The van der Waals surface area contributed by atoms with Crippen LogP contribution in [0.2, 0.25) is 0 Å². The number of benzene rings is 2. The molecule has 1 amide bonds. The van der Waals surface area contributed by atoms with E-state index in [9.17, 15) is 19.2 Å². The average molecular weight is 514 g/mol. The van der Waals surface area contributed by atoms with E-state index in [0.29, 0.717) is 17.5 Å². The van der Waals surface area contributed by atoms with Crippen LogP contribution in [0.1, 0.15) is 70.0 Å². The summed E-state index contributed by atoms with van der Waals surface area (Å²) < 4.78 is 20.6. The van der Waals surface area contributed by atoms with E-state index in [0.717, 1.165) is 5.56 Å². The van der Waals surface area contributed by atoms with Crippen LogP contribution < -0.4 is 10.1 Å². The number of hydrogen-bond donors (Lipinski definition) is 1. The van der Waals surface area contributed by atoms with Crippen LogP contribution >= 0.6 is 0 Å². The average Bonchev–Trinajstić information content (AvgIpc) is 2.75. The Bertz CT molecular complexity index is 1090. The number of nitrogens with one attached hydrogen (secondary N) is 1. The maximum Gasteiger partial charge on any atom is 0.514 e. The van der Waals surface area contributed by atoms with Crippen molar-refractivity contribution in [2.24, 2.45) is 0 Å². The molecule has 9 heteroatoms. The van der Waals surface area contributed by atoms with Crippen molar-refractivity contribution in [3.63, 3.8) is 0 Å². The minimum Gasteiger partial charge on any atom is -0.464 e. The highest BCUT2D eigenvalue weighted by Crippen LogP contribution is 2.18. The van der Waals surface area contributed by atoms with Gasteiger partial charge in [-0.15, -0.1) is 0 Å². The molecule has 200 valence electrons. The molecule has 0 heterocycles. The number of carbonyl (C=O) groups is 4. The number of esters is 1. The Hall–Kier alpha value is -3.88. The molecular weight excluding hydrogens is 478 g/mol. The molecule has 0 aromatic heterocycles. The predicted octanol–water partition coefficient (Wildman–Crippen LogP) is 5.23. The Morgan fingerprint density at radius 1 is 0.784 bits per heavy atom. The third-order valence-electron chi connectivity index (χ3n) is 4.61. The smallest absolute Gasteiger partial charge is 0.464 e. The number of ether oxygens (including phenoxy) is 4. The van der Waals surface area contributed by atoms with Gasteiger partial charge in [-0.25, -0.2) is 9.59 Å². The third-order valence-corrected chi connectivity index (χ3v) is 4.61. The Kier molecular flexibility index (Phi) is 9.82. The van der Waals surface area contributed by atoms with E-state index < -0.39 is 35.5 Å². The van der Waals surface area contributed by atoms with Gasteiger partial charge in [-0.1, -0.05) is 24.3 Å². The normalized spacial score (nSPS) is 12.2. The van der Waals surface area contributed by atoms with Crippen LogP contribution in [0.3, 0.4) is 0 Å². The molecule has 0 saturated carbocycles. The molecule has 0 fully saturated rings. The van der Waals surface area contributed by atoms with E-state index >= 15 is 0 Å². The summed E-state index contributed by atoms with van der Waals surface area (Å²) in [5.41, 5.74) is 0.361. The summed E-state index contributed by atoms with van der Waals surface area (Å²) in [7, 11) is 0. The second-order valence-electron chi connectivity index (χ2n) is 10.5. The van der Waals surface area contributed by atoms with E-state index in [1.165, 1.54) is 19.1 Å². The minimum absolute atomic E-state index is 0.0209. The first-order valence-electron chi connectivity index (χ1n) is 11.9. The molecule has 0 spiro atoms. The SMILES string of the molecule is CC(=O)OCC(Cc1ccc(C(=O)c2ccc(OC(=O)OC(C)(C)C)cc2)cc1)NC(=O)OC(C)(C)C. The van der Waals surface area contributed by atoms with Crippen LogP contribution in [0.15, 0.2) is 48.5 Å². The molecule has 1 N–H and O–H groups in total. The number of carbonyl (C=O) groups excluding carboxylic acids is 4. The van der Waals surface area contributed by atoms with Crippen molar-refractivity contribution in [3.8, 4) is 5.75 Å². The quantitative estimate of drug-likeness (QED) is 0.221. The highest BCUT2D eigenvalue weighted by molar-refractivity contribution is 6.09. The van der Waals surface area contributed by atoms with Crippen molar-refractivity contribution in [2.45, 2.75) is 72.1 Å². The minimum atomic E-state index is -0.824. The standard InChI is InChI=1S/C28H35NO8/c1-18(30)34-17-22(29-25(32)36-27(2,3)4)16-19-8-10-20(11-9-19)24(31)21-12-14-23(15-13-21)35-26(33)37-28(5,6)7/h8-15,22H,16-17H2,1-7H3,(H,29,32). The third kappa shape index (κ3) is 11.2. The largest absolute Gasteiger partial charge is 0.514 e. The van der Waals surface area contributed by atoms with Gasteiger partial charge in [-0.05, 0) is 77.8 Å². The Labute approximate surface area is 217 Å². The van der Waals surface area contributed by atoms with Crippen LogP contribution in [0.5, 0.6) is 5.75 Å². The van der Waals surface area contributed by atoms with Crippen LogP contribution in [0, 0.1) is 0 Å². The summed E-state index contributed by atoms with van der Waals surface area (Å²) in [6.45, 7) is 11.7. The lowest BCUT2D eigenvalue weighted by atomic mass is 9.99. The molecule has 0 bridgehead atoms. The van der Waals surface area contributed by atoms with Crippen molar-refractivity contribution < 1.29 is 38.1 Å². The van der Waals surface area contributed by atoms with Crippen LogP contribution in [-0.2, 0) is 25.4 Å². The lowest BCUT2D eigenvalue weighted by molar-refractivity contribution is -0.141. The molecule has 0 radical (unpaired) electrons. The molecule has 37 heavy (non-hydrogen) atoms. The first kappa shape index (κ1) is 29.4. The van der Waals surface area contributed by atoms with Gasteiger partial charge in [-0.3, -0.25) is 9.59 Å². The fourth-order valence-corrected chi connectivity index (χ4v) is 3.13. The maximum atomic E-state index is 12.9. The number of alkyl carbamates (subject to hydrolysis) is 1. The topological polar surface area (TPSA) is 117 Å². The van der Waals surface area contributed by atoms with E-state index in [4.69, 9.17) is 18.9 Å². The Balaban J connectivity index is 2.04. The van der Waals surface area contributed by atoms with Crippen molar-refractivity contribution >= 4 is 24.0 Å². The number of hydrogen-bond acceptors (Lipinski definition) is 8. The van der Waals surface area contributed by atoms with Gasteiger partial charge >= 0.3 is 18.2 Å². The summed E-state index contributed by atoms with van der Waals surface area (Å²) >= 11 is 0. The molecule has 2 aromatic rings. The zero-order valence-corrected chi connectivity index (χ0v) is 22.4. The zero-order chi connectivity index (χ0) is 27.8. The number of ketones is 1. The summed E-state index contributed by atoms with van der Waals surface area (Å²) in [5, 5.41) is 2.72. The first-order valence-corrected chi connectivity index (χ1v) is 11.9. The van der Waals surface area contributed by atoms with Gasteiger partial charge in [0.15, 0.2) is 5.78 Å². The molecule has 0 aliphatic carbocycles. The van der Waals surface area contributed by atoms with Crippen LogP contribution in [-0.4, -0.2) is 47.9 Å². The van der Waals surface area contributed by atoms with Gasteiger partial charge in [0.25, 0.3) is 0 Å². The fraction of sp³-hybridized carbons (Fsp3) is 0.429. The molecule has 1 unspecified atom stereocenters. The molecule has 2 rings (SSSR count). The second-order valence-corrected chi connectivity index (χ2v) is 10.5. The maximum absolute atomic E-state index is 12.9. The highest BCUT2D eigenvalue weighted by Gasteiger charge is 2.21. The molecule has 0 aliphatic rings. The first-order chi connectivity index (χ1) is 17.1. The van der Waals surface area contributed by atoms with Crippen molar-refractivity contribution in [2.75, 3.05) is 6.61 Å². The second kappa shape index (κ2) is 12.4. The van der Waals surface area contributed by atoms with E-state index in [2.05, 4.69) is 5.32 Å². The van der Waals surface area contributed by atoms with Gasteiger partial charge in [0, 0.05) is 18.1 Å². The van der Waals surface area contributed by atoms with Gasteiger partial charge < -0.3 is 24.3 Å². The molecule has 9 nitrogen and oxygen atoms in total. The van der Waals surface area contributed by atoms with Gasteiger partial charge in [0.05, 0.1) is 6.04 Å². The van der Waals surface area contributed by atoms with Crippen molar-refractivity contribution in [1.82, 2.24) is 5.32 Å². The zero-order valence-electron chi connectivity index (χ0n) is 22.4. The Morgan fingerprint density at radius 2 is 1.30 bits per heavy atom. The summed E-state index contributed by atoms with van der Waals surface area (Å²) in [6.07, 6.45) is -1.08. The van der Waals surface area contributed by atoms with Gasteiger partial charge in [0.2, 0.25) is 0 Å². The monoisotopic (exact) mass is 513 g/mol. The van der Waals surface area contributed by atoms with E-state index in [1.807, 2.05) is 0 Å². The highest BCUT2D eigenvalue weighted by atomic mass is 16.7. The number of rotatable bonds is 8. The van der Waals surface area contributed by atoms with Gasteiger partial charge in [-0.2, -0.15) is 0 Å². The lowest BCUT2D eigenvalue weighted by Gasteiger charge is -2.23. The molecule has 0 aliphatic heterocycles. The van der Waals surface area contributed by atoms with E-state index in [-0.39, 0.29) is 18.1 Å². The van der Waals surface area contributed by atoms with Gasteiger partial charge in [0.1, 0.15) is 23.6 Å². The molecule has 0 saturated heterocycles. The van der Waals surface area contributed by atoms with Crippen molar-refractivity contribution in [1.29, 1.82) is 0 Å². The van der Waals surface area contributed by atoms with E-state index in [1.54, 1.807) is 77.9 Å². The summed E-state index contributed by atoms with van der Waals surface area (Å²) in [5.74, 6) is -0.407. The van der Waals surface area contributed by atoms with Crippen LogP contribution in [0.4, 0.5) is 9.59 Å². The lowest BCUT2D eigenvalue weighted by Crippen LogP contribution is -2.43. The predicted molar refractivity (Wildman–Crippen MR) is 137 cm³/mol. The fourth-order valence-electron chi connectivity index (χ4n) is 3.13.